The molecule has 0 aliphatic rings. The smallest absolute Gasteiger partial charge is 0.237 e. The summed E-state index contributed by atoms with van der Waals surface area (Å²) in [5.41, 5.74) is 2.68. The predicted octanol–water partition coefficient (Wildman–Crippen LogP) is 3.72. The summed E-state index contributed by atoms with van der Waals surface area (Å²) in [6, 6.07) is 17.4. The Labute approximate surface area is 148 Å². The van der Waals surface area contributed by atoms with Crippen LogP contribution in [0.3, 0.4) is 0 Å². The van der Waals surface area contributed by atoms with Gasteiger partial charge in [-0.15, -0.1) is 5.10 Å². The SMILES string of the molecule is CC[C@H](Sc1n[nH]c2nc3ccccc3n12)C(=O)Nc1ccccc1. The standard InChI is InChI=1S/C18H17N5OS/c1-2-15(16(24)19-12-8-4-3-5-9-12)25-18-22-21-17-20-13-10-6-7-11-14(13)23(17)18/h3-11,15H,2H2,1H3,(H,19,24)(H,20,21)/t15-/m0/s1. The summed E-state index contributed by atoms with van der Waals surface area (Å²) in [5, 5.41) is 10.7. The molecule has 0 unspecified atom stereocenters. The fourth-order valence-corrected chi connectivity index (χ4v) is 3.69. The first-order valence-corrected chi connectivity index (χ1v) is 8.98. The number of benzene rings is 2. The Morgan fingerprint density at radius 1 is 1.20 bits per heavy atom. The molecule has 2 aromatic carbocycles. The number of nitrogens with one attached hydrogen (secondary N) is 2. The van der Waals surface area contributed by atoms with Gasteiger partial charge in [0.1, 0.15) is 0 Å². The second-order valence-electron chi connectivity index (χ2n) is 5.64. The number of carbonyl (C=O) groups is 1. The average Bonchev–Trinajstić information content (AvgIpc) is 3.19. The van der Waals surface area contributed by atoms with Crippen LogP contribution in [0.1, 0.15) is 13.3 Å². The first-order chi connectivity index (χ1) is 12.3. The summed E-state index contributed by atoms with van der Waals surface area (Å²) < 4.78 is 1.96. The molecular formula is C18H17N5OS. The Hall–Kier alpha value is -2.80. The number of rotatable bonds is 5. The summed E-state index contributed by atoms with van der Waals surface area (Å²) in [7, 11) is 0. The van der Waals surface area contributed by atoms with Crippen molar-refractivity contribution in [2.24, 2.45) is 0 Å². The van der Waals surface area contributed by atoms with Crippen LogP contribution in [0.25, 0.3) is 16.8 Å². The number of H-pyrrole nitrogens is 1. The lowest BCUT2D eigenvalue weighted by Gasteiger charge is -2.13. The molecular weight excluding hydrogens is 334 g/mol. The lowest BCUT2D eigenvalue weighted by atomic mass is 10.3. The summed E-state index contributed by atoms with van der Waals surface area (Å²) in [4.78, 5) is 17.1. The van der Waals surface area contributed by atoms with Crippen LogP contribution in [-0.4, -0.2) is 30.7 Å². The fourth-order valence-electron chi connectivity index (χ4n) is 2.72. The number of imidazole rings is 1. The number of hydrogen-bond donors (Lipinski definition) is 2. The van der Waals surface area contributed by atoms with Gasteiger partial charge in [0.15, 0.2) is 5.16 Å². The number of hydrogen-bond acceptors (Lipinski definition) is 4. The van der Waals surface area contributed by atoms with Gasteiger partial charge in [-0.2, -0.15) is 0 Å². The molecule has 0 saturated heterocycles. The zero-order valence-electron chi connectivity index (χ0n) is 13.6. The highest BCUT2D eigenvalue weighted by Gasteiger charge is 2.22. The first-order valence-electron chi connectivity index (χ1n) is 8.10. The second-order valence-corrected chi connectivity index (χ2v) is 6.81. The van der Waals surface area contributed by atoms with Gasteiger partial charge < -0.3 is 5.32 Å². The van der Waals surface area contributed by atoms with E-state index in [1.54, 1.807) is 0 Å². The third-order valence-corrected chi connectivity index (χ3v) is 5.27. The molecule has 7 heteroatoms. The summed E-state index contributed by atoms with van der Waals surface area (Å²) in [6.07, 6.45) is 0.699. The summed E-state index contributed by atoms with van der Waals surface area (Å²) >= 11 is 1.44. The molecule has 1 amide bonds. The van der Waals surface area contributed by atoms with E-state index < -0.39 is 0 Å². The Bertz CT molecular complexity index is 1020. The van der Waals surface area contributed by atoms with Crippen LogP contribution in [0, 0.1) is 0 Å². The van der Waals surface area contributed by atoms with Gasteiger partial charge in [0.05, 0.1) is 16.3 Å². The normalized spacial score (nSPS) is 12.5. The molecule has 1 atom stereocenters. The summed E-state index contributed by atoms with van der Waals surface area (Å²) in [5.74, 6) is 0.654. The first kappa shape index (κ1) is 15.7. The lowest BCUT2D eigenvalue weighted by Crippen LogP contribution is -2.24. The Kier molecular flexibility index (Phi) is 4.15. The van der Waals surface area contributed by atoms with Gasteiger partial charge in [0, 0.05) is 5.69 Å². The molecule has 0 saturated carbocycles. The van der Waals surface area contributed by atoms with Crippen molar-refractivity contribution in [2.75, 3.05) is 5.32 Å². The van der Waals surface area contributed by atoms with Gasteiger partial charge in [-0.3, -0.25) is 9.20 Å². The van der Waals surface area contributed by atoms with Crippen LogP contribution >= 0.6 is 11.8 Å². The van der Waals surface area contributed by atoms with E-state index in [1.165, 1.54) is 11.8 Å². The van der Waals surface area contributed by atoms with Crippen molar-refractivity contribution in [2.45, 2.75) is 23.8 Å². The molecule has 2 aromatic heterocycles. The van der Waals surface area contributed by atoms with E-state index in [0.29, 0.717) is 12.2 Å². The fraction of sp³-hybridized carbons (Fsp3) is 0.167. The lowest BCUT2D eigenvalue weighted by molar-refractivity contribution is -0.115. The van der Waals surface area contributed by atoms with E-state index >= 15 is 0 Å². The van der Waals surface area contributed by atoms with Crippen LogP contribution in [0.5, 0.6) is 0 Å². The minimum absolute atomic E-state index is 0.0285. The third-order valence-electron chi connectivity index (χ3n) is 3.96. The number of carbonyl (C=O) groups excluding carboxylic acids is 1. The van der Waals surface area contributed by atoms with Gasteiger partial charge in [-0.05, 0) is 30.7 Å². The molecule has 0 radical (unpaired) electrons. The Balaban J connectivity index is 1.61. The molecule has 0 aliphatic carbocycles. The summed E-state index contributed by atoms with van der Waals surface area (Å²) in [6.45, 7) is 2.00. The maximum absolute atomic E-state index is 12.6. The Morgan fingerprint density at radius 3 is 2.76 bits per heavy atom. The number of para-hydroxylation sites is 3. The average molecular weight is 351 g/mol. The number of aromatic amines is 1. The molecule has 6 nitrogen and oxygen atoms in total. The second kappa shape index (κ2) is 6.60. The molecule has 4 aromatic rings. The minimum atomic E-state index is -0.243. The third kappa shape index (κ3) is 2.98. The van der Waals surface area contributed by atoms with Crippen molar-refractivity contribution in [1.82, 2.24) is 19.6 Å². The van der Waals surface area contributed by atoms with Crippen LogP contribution in [0.15, 0.2) is 59.8 Å². The monoisotopic (exact) mass is 351 g/mol. The molecule has 4 rings (SSSR count). The number of thioether (sulfide) groups is 1. The van der Waals surface area contributed by atoms with E-state index in [1.807, 2.05) is 65.9 Å². The highest BCUT2D eigenvalue weighted by atomic mass is 32.2. The van der Waals surface area contributed by atoms with Crippen LogP contribution in [0.4, 0.5) is 5.69 Å². The molecule has 126 valence electrons. The van der Waals surface area contributed by atoms with Crippen molar-refractivity contribution in [3.8, 4) is 0 Å². The molecule has 0 bridgehead atoms. The minimum Gasteiger partial charge on any atom is -0.325 e. The van der Waals surface area contributed by atoms with E-state index in [2.05, 4.69) is 20.5 Å². The van der Waals surface area contributed by atoms with Gasteiger partial charge in [-0.25, -0.2) is 10.1 Å². The number of anilines is 1. The zero-order valence-corrected chi connectivity index (χ0v) is 14.5. The zero-order chi connectivity index (χ0) is 17.2. The molecule has 25 heavy (non-hydrogen) atoms. The highest BCUT2D eigenvalue weighted by molar-refractivity contribution is 8.00. The molecule has 2 heterocycles. The van der Waals surface area contributed by atoms with Gasteiger partial charge >= 0.3 is 0 Å². The number of fused-ring (bicyclic) bond motifs is 3. The largest absolute Gasteiger partial charge is 0.325 e. The molecule has 0 aliphatic heterocycles. The number of aromatic nitrogens is 4. The number of amides is 1. The maximum Gasteiger partial charge on any atom is 0.237 e. The van der Waals surface area contributed by atoms with E-state index in [9.17, 15) is 4.79 Å². The van der Waals surface area contributed by atoms with E-state index in [-0.39, 0.29) is 11.2 Å². The van der Waals surface area contributed by atoms with Crippen LogP contribution < -0.4 is 5.32 Å². The van der Waals surface area contributed by atoms with E-state index in [4.69, 9.17) is 0 Å². The van der Waals surface area contributed by atoms with Crippen molar-refractivity contribution >= 4 is 40.2 Å². The highest BCUT2D eigenvalue weighted by Crippen LogP contribution is 2.28. The van der Waals surface area contributed by atoms with Crippen molar-refractivity contribution in [1.29, 1.82) is 0 Å². The predicted molar refractivity (Wildman–Crippen MR) is 99.9 cm³/mol. The molecule has 0 fully saturated rings. The number of nitrogens with zero attached hydrogens (tertiary/aromatic N) is 3. The van der Waals surface area contributed by atoms with Gasteiger partial charge in [0.2, 0.25) is 11.7 Å². The van der Waals surface area contributed by atoms with Gasteiger partial charge in [0.25, 0.3) is 0 Å². The molecule has 0 spiro atoms. The van der Waals surface area contributed by atoms with Crippen LogP contribution in [-0.2, 0) is 4.79 Å². The van der Waals surface area contributed by atoms with E-state index in [0.717, 1.165) is 21.9 Å². The quantitative estimate of drug-likeness (QED) is 0.537. The van der Waals surface area contributed by atoms with Crippen LogP contribution in [0.2, 0.25) is 0 Å². The molecule has 2 N–H and O–H groups in total. The Morgan fingerprint density at radius 2 is 1.96 bits per heavy atom. The van der Waals surface area contributed by atoms with Gasteiger partial charge in [-0.1, -0.05) is 49.0 Å². The van der Waals surface area contributed by atoms with Crippen molar-refractivity contribution < 1.29 is 4.79 Å². The maximum atomic E-state index is 12.6. The van der Waals surface area contributed by atoms with Crippen molar-refractivity contribution in [3.63, 3.8) is 0 Å². The van der Waals surface area contributed by atoms with Crippen molar-refractivity contribution in [3.05, 3.63) is 54.6 Å². The topological polar surface area (TPSA) is 75.1 Å².